The molecule has 0 aliphatic rings. The van der Waals surface area contributed by atoms with Gasteiger partial charge in [-0.3, -0.25) is 9.59 Å². The van der Waals surface area contributed by atoms with Crippen LogP contribution in [0.2, 0.25) is 0 Å². The number of nitrogens with two attached hydrogens (primary N) is 1. The minimum absolute atomic E-state index is 0.115. The van der Waals surface area contributed by atoms with E-state index in [1.54, 1.807) is 13.8 Å². The summed E-state index contributed by atoms with van der Waals surface area (Å²) in [5, 5.41) is 8.74. The molecule has 0 saturated heterocycles. The first-order valence-corrected chi connectivity index (χ1v) is 7.80. The summed E-state index contributed by atoms with van der Waals surface area (Å²) < 4.78 is 26.7. The topological polar surface area (TPSA) is 127 Å². The smallest absolute Gasteiger partial charge is 0.304 e. The van der Waals surface area contributed by atoms with E-state index in [0.717, 1.165) is 0 Å². The van der Waals surface area contributed by atoms with Crippen molar-refractivity contribution in [1.82, 2.24) is 4.72 Å². The number of sulfonamides is 1. The predicted octanol–water partition coefficient (Wildman–Crippen LogP) is 0.626. The van der Waals surface area contributed by atoms with Gasteiger partial charge in [-0.1, -0.05) is 13.0 Å². The van der Waals surface area contributed by atoms with Crippen LogP contribution in [-0.2, 0) is 14.8 Å². The molecule has 0 fully saturated rings. The van der Waals surface area contributed by atoms with Crippen molar-refractivity contribution >= 4 is 21.9 Å². The first-order chi connectivity index (χ1) is 9.67. The van der Waals surface area contributed by atoms with Crippen LogP contribution < -0.4 is 10.5 Å². The highest BCUT2D eigenvalue weighted by Crippen LogP contribution is 2.16. The number of nitrogens with one attached hydrogen (secondary N) is 1. The van der Waals surface area contributed by atoms with E-state index < -0.39 is 27.9 Å². The van der Waals surface area contributed by atoms with Crippen LogP contribution in [0.5, 0.6) is 0 Å². The lowest BCUT2D eigenvalue weighted by molar-refractivity contribution is -0.137. The number of carbonyl (C=O) groups is 2. The number of carbonyl (C=O) groups excluding carboxylic acids is 1. The first kappa shape index (κ1) is 17.1. The van der Waals surface area contributed by atoms with Crippen LogP contribution in [0.15, 0.2) is 23.1 Å². The lowest BCUT2D eigenvalue weighted by Crippen LogP contribution is -2.36. The normalized spacial score (nSPS) is 12.9. The Morgan fingerprint density at radius 1 is 1.38 bits per heavy atom. The molecule has 0 heterocycles. The molecular formula is C13H18N2O5S. The Hall–Kier alpha value is -1.93. The third-order valence-electron chi connectivity index (χ3n) is 3.02. The van der Waals surface area contributed by atoms with Crippen molar-refractivity contribution in [2.45, 2.75) is 37.6 Å². The maximum absolute atomic E-state index is 12.2. The van der Waals surface area contributed by atoms with E-state index in [2.05, 4.69) is 4.72 Å². The molecule has 1 aromatic rings. The largest absolute Gasteiger partial charge is 0.481 e. The van der Waals surface area contributed by atoms with Crippen LogP contribution >= 0.6 is 0 Å². The summed E-state index contributed by atoms with van der Waals surface area (Å²) in [5.41, 5.74) is 5.87. The molecule has 1 rings (SSSR count). The number of amides is 1. The van der Waals surface area contributed by atoms with Crippen LogP contribution in [0, 0.1) is 6.92 Å². The number of carboxylic acids is 1. The van der Waals surface area contributed by atoms with Crippen molar-refractivity contribution < 1.29 is 23.1 Å². The van der Waals surface area contributed by atoms with Gasteiger partial charge < -0.3 is 10.8 Å². The molecule has 7 nitrogen and oxygen atoms in total. The van der Waals surface area contributed by atoms with Crippen LogP contribution in [0.25, 0.3) is 0 Å². The van der Waals surface area contributed by atoms with Crippen LogP contribution in [-0.4, -0.2) is 31.4 Å². The minimum Gasteiger partial charge on any atom is -0.481 e. The predicted molar refractivity (Wildman–Crippen MR) is 76.4 cm³/mol. The third kappa shape index (κ3) is 4.54. The molecule has 1 unspecified atom stereocenters. The highest BCUT2D eigenvalue weighted by Gasteiger charge is 2.22. The highest BCUT2D eigenvalue weighted by atomic mass is 32.2. The molecule has 116 valence electrons. The minimum atomic E-state index is -3.91. The Kier molecular flexibility index (Phi) is 5.45. The Morgan fingerprint density at radius 2 is 2.00 bits per heavy atom. The second kappa shape index (κ2) is 6.68. The molecule has 21 heavy (non-hydrogen) atoms. The average Bonchev–Trinajstić information content (AvgIpc) is 2.36. The highest BCUT2D eigenvalue weighted by molar-refractivity contribution is 7.89. The molecule has 0 saturated carbocycles. The number of aryl methyl sites for hydroxylation is 1. The molecule has 0 aromatic heterocycles. The van der Waals surface area contributed by atoms with E-state index in [1.807, 2.05) is 0 Å². The number of rotatable bonds is 7. The van der Waals surface area contributed by atoms with Gasteiger partial charge in [-0.2, -0.15) is 0 Å². The summed E-state index contributed by atoms with van der Waals surface area (Å²) in [4.78, 5) is 21.8. The maximum Gasteiger partial charge on any atom is 0.304 e. The van der Waals surface area contributed by atoms with E-state index in [-0.39, 0.29) is 16.9 Å². The number of hydrogen-bond donors (Lipinski definition) is 3. The number of aliphatic carboxylic acids is 1. The molecule has 0 bridgehead atoms. The van der Waals surface area contributed by atoms with Gasteiger partial charge in [0.1, 0.15) is 0 Å². The van der Waals surface area contributed by atoms with Crippen molar-refractivity contribution in [3.05, 3.63) is 29.3 Å². The van der Waals surface area contributed by atoms with E-state index in [0.29, 0.717) is 12.0 Å². The molecular weight excluding hydrogens is 296 g/mol. The Balaban J connectivity index is 3.10. The van der Waals surface area contributed by atoms with Crippen LogP contribution in [0.3, 0.4) is 0 Å². The van der Waals surface area contributed by atoms with Gasteiger partial charge in [0.05, 0.1) is 11.3 Å². The molecule has 0 spiro atoms. The van der Waals surface area contributed by atoms with Gasteiger partial charge in [0, 0.05) is 11.6 Å². The second-order valence-corrected chi connectivity index (χ2v) is 6.38. The molecule has 8 heteroatoms. The van der Waals surface area contributed by atoms with Crippen molar-refractivity contribution in [1.29, 1.82) is 0 Å². The van der Waals surface area contributed by atoms with Crippen molar-refractivity contribution in [2.75, 3.05) is 0 Å². The van der Waals surface area contributed by atoms with Gasteiger partial charge in [-0.15, -0.1) is 0 Å². The van der Waals surface area contributed by atoms with Gasteiger partial charge in [0.2, 0.25) is 15.9 Å². The Morgan fingerprint density at radius 3 is 2.48 bits per heavy atom. The third-order valence-corrected chi connectivity index (χ3v) is 4.54. The quantitative estimate of drug-likeness (QED) is 0.680. The number of carboxylic acid groups (broad SMARTS) is 1. The fourth-order valence-corrected chi connectivity index (χ4v) is 3.15. The molecule has 0 aliphatic carbocycles. The first-order valence-electron chi connectivity index (χ1n) is 6.32. The fraction of sp³-hybridized carbons (Fsp3) is 0.385. The number of benzene rings is 1. The standard InChI is InChI=1S/C13H18N2O5S/c1-3-9(6-12(16)17)15-21(19,20)10-5-4-8(2)11(7-10)13(14)18/h4-5,7,9,15H,3,6H2,1-2H3,(H2,14,18)(H,16,17). The second-order valence-electron chi connectivity index (χ2n) is 4.67. The van der Waals surface area contributed by atoms with Gasteiger partial charge in [0.15, 0.2) is 0 Å². The van der Waals surface area contributed by atoms with Crippen molar-refractivity contribution in [3.8, 4) is 0 Å². The van der Waals surface area contributed by atoms with Gasteiger partial charge >= 0.3 is 5.97 Å². The van der Waals surface area contributed by atoms with Crippen molar-refractivity contribution in [2.24, 2.45) is 5.73 Å². The van der Waals surface area contributed by atoms with E-state index in [1.165, 1.54) is 18.2 Å². The molecule has 1 atom stereocenters. The van der Waals surface area contributed by atoms with E-state index in [9.17, 15) is 18.0 Å². The molecule has 0 radical (unpaired) electrons. The number of primary amides is 1. The average molecular weight is 314 g/mol. The molecule has 4 N–H and O–H groups in total. The van der Waals surface area contributed by atoms with E-state index in [4.69, 9.17) is 10.8 Å². The van der Waals surface area contributed by atoms with Gasteiger partial charge in [-0.05, 0) is 31.0 Å². The molecule has 1 amide bonds. The lowest BCUT2D eigenvalue weighted by atomic mass is 10.1. The summed E-state index contributed by atoms with van der Waals surface area (Å²) >= 11 is 0. The maximum atomic E-state index is 12.2. The zero-order chi connectivity index (χ0) is 16.2. The van der Waals surface area contributed by atoms with Crippen molar-refractivity contribution in [3.63, 3.8) is 0 Å². The Bertz CT molecular complexity index is 655. The Labute approximate surface area is 123 Å². The summed E-state index contributed by atoms with van der Waals surface area (Å²) in [5.74, 6) is -1.81. The summed E-state index contributed by atoms with van der Waals surface area (Å²) in [6, 6.07) is 3.29. The van der Waals surface area contributed by atoms with Gasteiger partial charge in [0.25, 0.3) is 0 Å². The number of hydrogen-bond acceptors (Lipinski definition) is 4. The molecule has 0 aliphatic heterocycles. The lowest BCUT2D eigenvalue weighted by Gasteiger charge is -2.15. The summed E-state index contributed by atoms with van der Waals surface area (Å²) in [6.07, 6.45) is 0.0182. The summed E-state index contributed by atoms with van der Waals surface area (Å²) in [7, 11) is -3.91. The molecule has 1 aromatic carbocycles. The van der Waals surface area contributed by atoms with Crippen LogP contribution in [0.4, 0.5) is 0 Å². The zero-order valence-electron chi connectivity index (χ0n) is 11.8. The fourth-order valence-electron chi connectivity index (χ4n) is 1.80. The van der Waals surface area contributed by atoms with E-state index >= 15 is 0 Å². The monoisotopic (exact) mass is 314 g/mol. The van der Waals surface area contributed by atoms with Crippen LogP contribution in [0.1, 0.15) is 35.7 Å². The SMILES string of the molecule is CCC(CC(=O)O)NS(=O)(=O)c1ccc(C)c(C(N)=O)c1. The zero-order valence-corrected chi connectivity index (χ0v) is 12.6. The van der Waals surface area contributed by atoms with Gasteiger partial charge in [-0.25, -0.2) is 13.1 Å². The summed E-state index contributed by atoms with van der Waals surface area (Å²) in [6.45, 7) is 3.32.